The van der Waals surface area contributed by atoms with Crippen molar-refractivity contribution in [2.45, 2.75) is 22.9 Å². The number of sulfone groups is 1. The molecule has 0 aliphatic heterocycles. The standard InChI is InChI=1S/C16H14F3N3O2S/c1-11-9-15(20-21(11)2)22-8-7-12(10-22)25(23,24)14-6-4-3-5-13(14)16(17,18)19/h3-10H,1-2H3. The number of nitrogens with zero attached hydrogens (tertiary/aromatic N) is 3. The number of aromatic nitrogens is 3. The fourth-order valence-electron chi connectivity index (χ4n) is 2.41. The molecular formula is C16H14F3N3O2S. The highest BCUT2D eigenvalue weighted by atomic mass is 32.2. The van der Waals surface area contributed by atoms with Gasteiger partial charge in [0.15, 0.2) is 5.82 Å². The summed E-state index contributed by atoms with van der Waals surface area (Å²) in [6.45, 7) is 1.83. The van der Waals surface area contributed by atoms with Gasteiger partial charge in [-0.15, -0.1) is 0 Å². The molecule has 0 radical (unpaired) electrons. The van der Waals surface area contributed by atoms with Crippen molar-refractivity contribution in [2.75, 3.05) is 0 Å². The van der Waals surface area contributed by atoms with Crippen LogP contribution in [-0.4, -0.2) is 22.8 Å². The maximum absolute atomic E-state index is 13.1. The molecule has 132 valence electrons. The molecule has 2 aromatic heterocycles. The Morgan fingerprint density at radius 2 is 1.80 bits per heavy atom. The lowest BCUT2D eigenvalue weighted by atomic mass is 10.2. The minimum atomic E-state index is -4.76. The van der Waals surface area contributed by atoms with Crippen LogP contribution in [-0.2, 0) is 23.1 Å². The van der Waals surface area contributed by atoms with Gasteiger partial charge in [-0.25, -0.2) is 8.42 Å². The van der Waals surface area contributed by atoms with Crippen LogP contribution in [0.5, 0.6) is 0 Å². The number of benzene rings is 1. The second-order valence-electron chi connectivity index (χ2n) is 5.52. The summed E-state index contributed by atoms with van der Waals surface area (Å²) in [5.41, 5.74) is -0.327. The highest BCUT2D eigenvalue weighted by Gasteiger charge is 2.37. The average Bonchev–Trinajstić information content (AvgIpc) is 3.14. The van der Waals surface area contributed by atoms with Gasteiger partial charge in [0.05, 0.1) is 15.4 Å². The van der Waals surface area contributed by atoms with E-state index in [4.69, 9.17) is 0 Å². The molecule has 2 heterocycles. The third kappa shape index (κ3) is 3.07. The van der Waals surface area contributed by atoms with Gasteiger partial charge in [-0.3, -0.25) is 4.68 Å². The van der Waals surface area contributed by atoms with E-state index in [1.165, 1.54) is 29.1 Å². The third-order valence-corrected chi connectivity index (χ3v) is 5.62. The largest absolute Gasteiger partial charge is 0.417 e. The van der Waals surface area contributed by atoms with E-state index < -0.39 is 26.5 Å². The molecule has 0 saturated carbocycles. The number of aryl methyl sites for hydroxylation is 2. The van der Waals surface area contributed by atoms with Gasteiger partial charge in [-0.2, -0.15) is 18.3 Å². The van der Waals surface area contributed by atoms with Gasteiger partial charge in [0.1, 0.15) is 0 Å². The molecule has 0 saturated heterocycles. The van der Waals surface area contributed by atoms with E-state index in [9.17, 15) is 21.6 Å². The van der Waals surface area contributed by atoms with Crippen molar-refractivity contribution in [3.63, 3.8) is 0 Å². The fourth-order valence-corrected chi connectivity index (χ4v) is 3.89. The maximum atomic E-state index is 13.1. The maximum Gasteiger partial charge on any atom is 0.417 e. The Kier molecular flexibility index (Phi) is 3.98. The van der Waals surface area contributed by atoms with E-state index in [2.05, 4.69) is 5.10 Å². The lowest BCUT2D eigenvalue weighted by molar-refractivity contribution is -0.139. The Morgan fingerprint density at radius 3 is 2.40 bits per heavy atom. The van der Waals surface area contributed by atoms with Crippen molar-refractivity contribution in [3.8, 4) is 5.82 Å². The predicted octanol–water partition coefficient (Wildman–Crippen LogP) is 3.37. The van der Waals surface area contributed by atoms with Gasteiger partial charge in [0.2, 0.25) is 9.84 Å². The molecule has 0 atom stereocenters. The molecular weight excluding hydrogens is 355 g/mol. The van der Waals surface area contributed by atoms with Gasteiger partial charge < -0.3 is 4.57 Å². The highest BCUT2D eigenvalue weighted by molar-refractivity contribution is 7.91. The van der Waals surface area contributed by atoms with Gasteiger partial charge in [0.25, 0.3) is 0 Å². The van der Waals surface area contributed by atoms with Crippen LogP contribution in [0.4, 0.5) is 13.2 Å². The Bertz CT molecular complexity index is 1010. The van der Waals surface area contributed by atoms with Gasteiger partial charge in [0, 0.05) is 31.2 Å². The first-order valence-corrected chi connectivity index (χ1v) is 8.69. The summed E-state index contributed by atoms with van der Waals surface area (Å²) in [6, 6.07) is 7.13. The van der Waals surface area contributed by atoms with E-state index in [-0.39, 0.29) is 4.90 Å². The Labute approximate surface area is 142 Å². The molecule has 0 aliphatic rings. The lowest BCUT2D eigenvalue weighted by Crippen LogP contribution is -2.13. The number of hydrogen-bond donors (Lipinski definition) is 0. The molecule has 25 heavy (non-hydrogen) atoms. The Balaban J connectivity index is 2.08. The van der Waals surface area contributed by atoms with Crippen LogP contribution < -0.4 is 0 Å². The van der Waals surface area contributed by atoms with Crippen LogP contribution in [0.2, 0.25) is 0 Å². The van der Waals surface area contributed by atoms with Crippen molar-refractivity contribution < 1.29 is 21.6 Å². The van der Waals surface area contributed by atoms with Crippen molar-refractivity contribution in [3.05, 3.63) is 60.0 Å². The third-order valence-electron chi connectivity index (χ3n) is 3.82. The van der Waals surface area contributed by atoms with Crippen molar-refractivity contribution in [1.82, 2.24) is 14.3 Å². The smallest absolute Gasteiger partial charge is 0.306 e. The van der Waals surface area contributed by atoms with Crippen LogP contribution >= 0.6 is 0 Å². The monoisotopic (exact) mass is 369 g/mol. The summed E-state index contributed by atoms with van der Waals surface area (Å²) in [4.78, 5) is -0.995. The normalized spacial score (nSPS) is 12.5. The molecule has 0 bridgehead atoms. The molecule has 0 fully saturated rings. The van der Waals surface area contributed by atoms with Crippen LogP contribution in [0.3, 0.4) is 0 Å². The molecule has 9 heteroatoms. The quantitative estimate of drug-likeness (QED) is 0.711. The summed E-state index contributed by atoms with van der Waals surface area (Å²) in [6.07, 6.45) is -2.06. The molecule has 0 unspecified atom stereocenters. The van der Waals surface area contributed by atoms with Gasteiger partial charge in [-0.1, -0.05) is 12.1 Å². The van der Waals surface area contributed by atoms with Crippen LogP contribution in [0.25, 0.3) is 5.82 Å². The number of hydrogen-bond acceptors (Lipinski definition) is 3. The summed E-state index contributed by atoms with van der Waals surface area (Å²) in [5.74, 6) is 0.477. The minimum Gasteiger partial charge on any atom is -0.306 e. The molecule has 0 aliphatic carbocycles. The highest BCUT2D eigenvalue weighted by Crippen LogP contribution is 2.36. The molecule has 0 N–H and O–H groups in total. The zero-order valence-corrected chi connectivity index (χ0v) is 14.1. The van der Waals surface area contributed by atoms with Crippen molar-refractivity contribution in [1.29, 1.82) is 0 Å². The van der Waals surface area contributed by atoms with E-state index >= 15 is 0 Å². The first-order valence-electron chi connectivity index (χ1n) is 7.21. The van der Waals surface area contributed by atoms with Crippen molar-refractivity contribution in [2.24, 2.45) is 7.05 Å². The number of alkyl halides is 3. The molecule has 1 aromatic carbocycles. The first-order chi connectivity index (χ1) is 11.6. The molecule has 5 nitrogen and oxygen atoms in total. The summed E-state index contributed by atoms with van der Waals surface area (Å²) in [5, 5.41) is 4.21. The average molecular weight is 369 g/mol. The Hall–Kier alpha value is -2.55. The van der Waals surface area contributed by atoms with E-state index in [0.29, 0.717) is 5.82 Å². The predicted molar refractivity (Wildman–Crippen MR) is 84.2 cm³/mol. The molecule has 3 aromatic rings. The Morgan fingerprint density at radius 1 is 1.12 bits per heavy atom. The summed E-state index contributed by atoms with van der Waals surface area (Å²) < 4.78 is 67.8. The molecule has 3 rings (SSSR count). The fraction of sp³-hybridized carbons (Fsp3) is 0.188. The van der Waals surface area contributed by atoms with E-state index in [1.807, 2.05) is 6.92 Å². The second-order valence-corrected chi connectivity index (χ2v) is 7.44. The van der Waals surface area contributed by atoms with Gasteiger partial charge in [-0.05, 0) is 25.1 Å². The van der Waals surface area contributed by atoms with E-state index in [1.54, 1.807) is 17.8 Å². The SMILES string of the molecule is Cc1cc(-n2ccc(S(=O)(=O)c3ccccc3C(F)(F)F)c2)nn1C. The van der Waals surface area contributed by atoms with Crippen LogP contribution in [0.15, 0.2) is 58.6 Å². The van der Waals surface area contributed by atoms with Crippen LogP contribution in [0, 0.1) is 6.92 Å². The number of halogens is 3. The topological polar surface area (TPSA) is 56.9 Å². The summed E-state index contributed by atoms with van der Waals surface area (Å²) in [7, 11) is -2.58. The first kappa shape index (κ1) is 17.3. The van der Waals surface area contributed by atoms with Gasteiger partial charge >= 0.3 is 6.18 Å². The zero-order valence-electron chi connectivity index (χ0n) is 13.3. The van der Waals surface area contributed by atoms with Crippen molar-refractivity contribution >= 4 is 9.84 Å². The summed E-state index contributed by atoms with van der Waals surface area (Å²) >= 11 is 0. The van der Waals surface area contributed by atoms with E-state index in [0.717, 1.165) is 23.9 Å². The molecule has 0 spiro atoms. The number of rotatable bonds is 3. The second kappa shape index (κ2) is 5.76. The molecule has 0 amide bonds. The minimum absolute atomic E-state index is 0.229. The lowest BCUT2D eigenvalue weighted by Gasteiger charge is -2.12. The zero-order chi connectivity index (χ0) is 18.4. The van der Waals surface area contributed by atoms with Crippen LogP contribution in [0.1, 0.15) is 11.3 Å².